The molecule has 1 aromatic rings. The van der Waals surface area contributed by atoms with E-state index in [-0.39, 0.29) is 0 Å². The normalized spacial score (nSPS) is 10.2. The Kier molecular flexibility index (Phi) is 5.24. The molecule has 0 aromatic heterocycles. The van der Waals surface area contributed by atoms with Crippen molar-refractivity contribution in [3.8, 4) is 12.1 Å². The van der Waals surface area contributed by atoms with E-state index in [9.17, 15) is 0 Å². The molecule has 7 heteroatoms. The second-order valence-corrected chi connectivity index (χ2v) is 4.44. The second-order valence-electron chi connectivity index (χ2n) is 2.86. The molecule has 86 valence electrons. The maximum absolute atomic E-state index is 8.54. The fourth-order valence-corrected chi connectivity index (χ4v) is 1.53. The first-order valence-corrected chi connectivity index (χ1v) is 5.83. The average molecular weight is 332 g/mol. The lowest BCUT2D eigenvalue weighted by molar-refractivity contribution is 1.12. The van der Waals surface area contributed by atoms with Gasteiger partial charge in [0.05, 0.1) is 29.1 Å². The van der Waals surface area contributed by atoms with Crippen LogP contribution in [0.1, 0.15) is 0 Å². The third-order valence-electron chi connectivity index (χ3n) is 1.71. The lowest BCUT2D eigenvalue weighted by Crippen LogP contribution is -2.04. The lowest BCUT2D eigenvalue weighted by Gasteiger charge is -2.09. The van der Waals surface area contributed by atoms with Gasteiger partial charge in [0.2, 0.25) is 0 Å². The van der Waals surface area contributed by atoms with Gasteiger partial charge in [-0.1, -0.05) is 11.6 Å². The fraction of sp³-hybridized carbons (Fsp3) is 0.100. The Balaban J connectivity index is 2.84. The monoisotopic (exact) mass is 330 g/mol. The van der Waals surface area contributed by atoms with E-state index in [1.165, 1.54) is 0 Å². The van der Waals surface area contributed by atoms with Crippen LogP contribution in [0.15, 0.2) is 27.8 Å². The molecule has 0 atom stereocenters. The van der Waals surface area contributed by atoms with Gasteiger partial charge in [-0.15, -0.1) is 0 Å². The van der Waals surface area contributed by atoms with Gasteiger partial charge in [-0.05, 0) is 34.1 Å². The summed E-state index contributed by atoms with van der Waals surface area (Å²) in [6.07, 6.45) is 1.16. The first kappa shape index (κ1) is 13.8. The molecule has 0 aliphatic rings. The Morgan fingerprint density at radius 3 is 2.59 bits per heavy atom. The van der Waals surface area contributed by atoms with E-state index in [2.05, 4.69) is 21.0 Å². The zero-order valence-corrected chi connectivity index (χ0v) is 11.4. The second kappa shape index (κ2) is 6.46. The molecule has 0 aliphatic heterocycles. The van der Waals surface area contributed by atoms with Crippen molar-refractivity contribution in [3.05, 3.63) is 27.7 Å². The highest BCUT2D eigenvalue weighted by Crippen LogP contribution is 2.28. The molecule has 0 fully saturated rings. The highest BCUT2D eigenvalue weighted by molar-refractivity contribution is 9.10. The summed E-state index contributed by atoms with van der Waals surface area (Å²) in [4.78, 5) is 0. The van der Waals surface area contributed by atoms with Crippen LogP contribution < -0.4 is 4.53 Å². The molecule has 0 spiro atoms. The Morgan fingerprint density at radius 1 is 1.41 bits per heavy atom. The topological polar surface area (TPSA) is 63.2 Å². The largest absolute Gasteiger partial charge is 0.196 e. The fourth-order valence-electron chi connectivity index (χ4n) is 0.887. The van der Waals surface area contributed by atoms with E-state index >= 15 is 0 Å². The van der Waals surface area contributed by atoms with Gasteiger partial charge in [0.25, 0.3) is 0 Å². The summed E-state index contributed by atoms with van der Waals surface area (Å²) in [5.41, 5.74) is 0.564. The Hall–Kier alpha value is -1.27. The lowest BCUT2D eigenvalue weighted by atomic mass is 10.2. The number of halogens is 3. The van der Waals surface area contributed by atoms with Crippen molar-refractivity contribution >= 4 is 51.2 Å². The maximum Gasteiger partial charge on any atom is 0.170 e. The molecule has 0 amide bonds. The van der Waals surface area contributed by atoms with Crippen LogP contribution >= 0.6 is 39.3 Å². The maximum atomic E-state index is 8.54. The third-order valence-corrected chi connectivity index (χ3v) is 3.21. The Bertz CT molecular complexity index is 504. The third kappa shape index (κ3) is 3.90. The smallest absolute Gasteiger partial charge is 0.170 e. The minimum Gasteiger partial charge on any atom is -0.196 e. The van der Waals surface area contributed by atoms with Crippen LogP contribution in [-0.2, 0) is 0 Å². The van der Waals surface area contributed by atoms with E-state index in [0.29, 0.717) is 15.2 Å². The Morgan fingerprint density at radius 2 is 2.06 bits per heavy atom. The number of hydrazone groups is 1. The first-order valence-electron chi connectivity index (χ1n) is 4.32. The number of nitrogens with zero attached hydrogens (tertiary/aromatic N) is 4. The molecule has 0 N–H and O–H groups in total. The van der Waals surface area contributed by atoms with Crippen molar-refractivity contribution in [2.75, 3.05) is 4.53 Å². The highest BCUT2D eigenvalue weighted by atomic mass is 79.9. The van der Waals surface area contributed by atoms with E-state index in [0.717, 1.165) is 10.7 Å². The van der Waals surface area contributed by atoms with Crippen LogP contribution in [0.4, 0.5) is 5.69 Å². The summed E-state index contributed by atoms with van der Waals surface area (Å²) in [7, 11) is 0. The van der Waals surface area contributed by atoms with Crippen molar-refractivity contribution in [2.45, 2.75) is 0 Å². The summed E-state index contributed by atoms with van der Waals surface area (Å²) in [6, 6.07) is 8.48. The SMILES string of the molecule is N#CC(C#N)C=NN(Cl)c1ccc(Cl)c(Br)c1. The number of nitriles is 2. The zero-order chi connectivity index (χ0) is 12.8. The molecule has 17 heavy (non-hydrogen) atoms. The molecule has 0 bridgehead atoms. The predicted molar refractivity (Wildman–Crippen MR) is 70.7 cm³/mol. The average Bonchev–Trinajstić information content (AvgIpc) is 2.33. The van der Waals surface area contributed by atoms with Crippen LogP contribution in [0.25, 0.3) is 0 Å². The molecule has 0 unspecified atom stereocenters. The summed E-state index contributed by atoms with van der Waals surface area (Å²) in [5.74, 6) is -0.924. The van der Waals surface area contributed by atoms with Gasteiger partial charge in [0.1, 0.15) is 0 Å². The molecule has 0 radical (unpaired) electrons. The Labute approximate surface area is 117 Å². The van der Waals surface area contributed by atoms with E-state index in [1.54, 1.807) is 30.3 Å². The summed E-state index contributed by atoms with van der Waals surface area (Å²) in [5, 5.41) is 21.4. The molecular weight excluding hydrogens is 327 g/mol. The summed E-state index contributed by atoms with van der Waals surface area (Å²) in [6.45, 7) is 0. The van der Waals surface area contributed by atoms with Crippen molar-refractivity contribution < 1.29 is 0 Å². The van der Waals surface area contributed by atoms with Gasteiger partial charge in [-0.25, -0.2) is 0 Å². The van der Waals surface area contributed by atoms with Crippen molar-refractivity contribution in [1.29, 1.82) is 10.5 Å². The van der Waals surface area contributed by atoms with Gasteiger partial charge in [0.15, 0.2) is 5.92 Å². The van der Waals surface area contributed by atoms with Crippen molar-refractivity contribution in [3.63, 3.8) is 0 Å². The number of anilines is 1. The number of rotatable bonds is 3. The van der Waals surface area contributed by atoms with E-state index < -0.39 is 5.92 Å². The van der Waals surface area contributed by atoms with Crippen molar-refractivity contribution in [1.82, 2.24) is 0 Å². The highest BCUT2D eigenvalue weighted by Gasteiger charge is 2.06. The standard InChI is InChI=1S/C10H5BrCl2N4/c11-9-3-8(1-2-10(9)12)17(13)16-6-7(4-14)5-15/h1-3,6-7H. The van der Waals surface area contributed by atoms with E-state index in [1.807, 2.05) is 0 Å². The molecular formula is C10H5BrCl2N4. The van der Waals surface area contributed by atoms with Gasteiger partial charge in [-0.2, -0.15) is 20.2 Å². The summed E-state index contributed by atoms with van der Waals surface area (Å²) >= 11 is 14.9. The number of benzene rings is 1. The quantitative estimate of drug-likeness (QED) is 0.482. The minimum absolute atomic E-state index is 0.551. The predicted octanol–water partition coefficient (Wildman–Crippen LogP) is 3.71. The van der Waals surface area contributed by atoms with Gasteiger partial charge < -0.3 is 0 Å². The van der Waals surface area contributed by atoms with Crippen LogP contribution in [0.2, 0.25) is 5.02 Å². The van der Waals surface area contributed by atoms with Crippen LogP contribution in [0.3, 0.4) is 0 Å². The van der Waals surface area contributed by atoms with Crippen LogP contribution in [0, 0.1) is 28.6 Å². The molecule has 0 saturated heterocycles. The molecule has 1 aromatic carbocycles. The van der Waals surface area contributed by atoms with Crippen LogP contribution in [0.5, 0.6) is 0 Å². The molecule has 0 heterocycles. The van der Waals surface area contributed by atoms with Crippen molar-refractivity contribution in [2.24, 2.45) is 11.0 Å². The zero-order valence-electron chi connectivity index (χ0n) is 8.31. The molecule has 0 aliphatic carbocycles. The number of hydrogen-bond donors (Lipinski definition) is 0. The molecule has 0 saturated carbocycles. The van der Waals surface area contributed by atoms with E-state index in [4.69, 9.17) is 33.9 Å². The molecule has 1 rings (SSSR count). The molecule has 4 nitrogen and oxygen atoms in total. The number of hydrogen-bond acceptors (Lipinski definition) is 4. The first-order chi connectivity index (χ1) is 8.08. The van der Waals surface area contributed by atoms with Gasteiger partial charge >= 0.3 is 0 Å². The van der Waals surface area contributed by atoms with Crippen LogP contribution in [-0.4, -0.2) is 6.21 Å². The summed E-state index contributed by atoms with van der Waals surface area (Å²) < 4.78 is 1.71. The van der Waals surface area contributed by atoms with Gasteiger partial charge in [-0.3, -0.25) is 0 Å². The minimum atomic E-state index is -0.924. The van der Waals surface area contributed by atoms with Gasteiger partial charge in [0, 0.05) is 16.2 Å².